The van der Waals surface area contributed by atoms with Gasteiger partial charge in [-0.3, -0.25) is 14.6 Å². The molecular weight excluding hydrogens is 452 g/mol. The highest BCUT2D eigenvalue weighted by molar-refractivity contribution is 5.96. The van der Waals surface area contributed by atoms with Gasteiger partial charge in [0.05, 0.1) is 18.7 Å². The number of amides is 1. The van der Waals surface area contributed by atoms with Gasteiger partial charge in [0.25, 0.3) is 5.91 Å². The van der Waals surface area contributed by atoms with Gasteiger partial charge in [-0.2, -0.15) is 0 Å². The summed E-state index contributed by atoms with van der Waals surface area (Å²) >= 11 is 0. The molecule has 0 spiro atoms. The highest BCUT2D eigenvalue weighted by Gasteiger charge is 2.27. The number of nitrogens with zero attached hydrogens (tertiary/aromatic N) is 1. The van der Waals surface area contributed by atoms with Crippen LogP contribution in [0.25, 0.3) is 0 Å². The minimum atomic E-state index is -0.928. The molecule has 0 radical (unpaired) electrons. The number of aliphatic carboxylic acids is 1. The van der Waals surface area contributed by atoms with Crippen LogP contribution >= 0.6 is 0 Å². The maximum atomic E-state index is 12.3. The Bertz CT molecular complexity index is 1030. The van der Waals surface area contributed by atoms with Gasteiger partial charge in [0.1, 0.15) is 11.9 Å². The first kappa shape index (κ1) is 27.4. The third-order valence-electron chi connectivity index (χ3n) is 6.72. The van der Waals surface area contributed by atoms with Gasteiger partial charge >= 0.3 is 5.97 Å². The quantitative estimate of drug-likeness (QED) is 0.398. The second kappa shape index (κ2) is 12.7. The van der Waals surface area contributed by atoms with E-state index in [2.05, 4.69) is 70.3 Å². The van der Waals surface area contributed by atoms with Gasteiger partial charge in [-0.25, -0.2) is 0 Å². The lowest BCUT2D eigenvalue weighted by Gasteiger charge is -2.31. The predicted molar refractivity (Wildman–Crippen MR) is 144 cm³/mol. The van der Waals surface area contributed by atoms with Crippen LogP contribution in [0.1, 0.15) is 77.0 Å². The molecule has 1 aromatic carbocycles. The number of carboxylic acids is 1. The van der Waals surface area contributed by atoms with E-state index in [4.69, 9.17) is 14.8 Å². The summed E-state index contributed by atoms with van der Waals surface area (Å²) in [6.07, 6.45) is 11.3. The van der Waals surface area contributed by atoms with E-state index in [1.165, 1.54) is 11.1 Å². The minimum absolute atomic E-state index is 0.0269. The van der Waals surface area contributed by atoms with Gasteiger partial charge in [-0.05, 0) is 41.9 Å². The molecule has 4 unspecified atom stereocenters. The van der Waals surface area contributed by atoms with Crippen LogP contribution in [0, 0.1) is 17.8 Å². The average molecular weight is 493 g/mol. The van der Waals surface area contributed by atoms with E-state index >= 15 is 0 Å². The lowest BCUT2D eigenvalue weighted by Crippen LogP contribution is -2.30. The number of hydrogen-bond acceptors (Lipinski definition) is 4. The zero-order valence-electron chi connectivity index (χ0n) is 22.1. The molecule has 0 saturated carbocycles. The van der Waals surface area contributed by atoms with Crippen LogP contribution in [0.2, 0.25) is 0 Å². The molecule has 1 amide bonds. The van der Waals surface area contributed by atoms with Gasteiger partial charge in [0.2, 0.25) is 0 Å². The number of benzene rings is 1. The maximum absolute atomic E-state index is 12.3. The normalized spacial score (nSPS) is 22.2. The van der Waals surface area contributed by atoms with E-state index in [9.17, 15) is 9.59 Å². The Morgan fingerprint density at radius 2 is 1.89 bits per heavy atom. The zero-order chi connectivity index (χ0) is 26.2. The molecule has 3 rings (SSSR count). The number of dihydropyridines is 1. The van der Waals surface area contributed by atoms with Gasteiger partial charge < -0.3 is 15.2 Å². The smallest absolute Gasteiger partial charge is 0.305 e. The Hall–Kier alpha value is -3.15. The van der Waals surface area contributed by atoms with Crippen molar-refractivity contribution in [1.82, 2.24) is 5.32 Å². The molecule has 1 aliphatic carbocycles. The molecule has 0 aromatic heterocycles. The molecule has 194 valence electrons. The summed E-state index contributed by atoms with van der Waals surface area (Å²) in [4.78, 5) is 27.8. The van der Waals surface area contributed by atoms with Crippen LogP contribution in [-0.2, 0) is 14.3 Å². The molecule has 0 saturated heterocycles. The third kappa shape index (κ3) is 7.67. The first-order chi connectivity index (χ1) is 17.1. The first-order valence-corrected chi connectivity index (χ1v) is 13.0. The summed E-state index contributed by atoms with van der Waals surface area (Å²) < 4.78 is 6.50. The second-order valence-corrected chi connectivity index (χ2v) is 10.6. The summed E-state index contributed by atoms with van der Waals surface area (Å²) in [5.41, 5.74) is 3.11. The number of ether oxygens (including phenoxy) is 1. The van der Waals surface area contributed by atoms with Crippen molar-refractivity contribution in [2.75, 3.05) is 6.54 Å². The Morgan fingerprint density at radius 1 is 1.17 bits per heavy atom. The first-order valence-electron chi connectivity index (χ1n) is 13.0. The van der Waals surface area contributed by atoms with Crippen molar-refractivity contribution in [1.29, 1.82) is 0 Å². The van der Waals surface area contributed by atoms with E-state index in [1.54, 1.807) is 0 Å². The van der Waals surface area contributed by atoms with E-state index in [-0.39, 0.29) is 42.9 Å². The van der Waals surface area contributed by atoms with E-state index in [0.29, 0.717) is 23.8 Å². The van der Waals surface area contributed by atoms with Crippen LogP contribution in [-0.4, -0.2) is 35.8 Å². The highest BCUT2D eigenvalue weighted by Crippen LogP contribution is 2.34. The Labute approximate surface area is 215 Å². The fourth-order valence-corrected chi connectivity index (χ4v) is 4.64. The molecular formula is C30H40N2O4. The van der Waals surface area contributed by atoms with Crippen molar-refractivity contribution < 1.29 is 19.4 Å². The standard InChI is InChI=1S/C30H40N2O4/c1-19(2)16-27(23-8-12-25(13-9-23)30(35)31-15-14-28(33)34)36-26-17-21(5)29(32-18-26)24-10-6-22(7-11-24)20(3)4/h6-8,10-13,17-21,23,27,29H,9,14-16H2,1-5H3,(H,31,35)(H,33,34). The highest BCUT2D eigenvalue weighted by atomic mass is 16.5. The minimum Gasteiger partial charge on any atom is -0.489 e. The number of carbonyl (C=O) groups excluding carboxylic acids is 1. The summed E-state index contributed by atoms with van der Waals surface area (Å²) in [6, 6.07) is 8.84. The van der Waals surface area contributed by atoms with Crippen molar-refractivity contribution in [3.8, 4) is 0 Å². The van der Waals surface area contributed by atoms with Crippen molar-refractivity contribution in [2.24, 2.45) is 22.7 Å². The Kier molecular flexibility index (Phi) is 9.68. The largest absolute Gasteiger partial charge is 0.489 e. The Morgan fingerprint density at radius 3 is 2.44 bits per heavy atom. The molecule has 1 aliphatic heterocycles. The molecule has 1 heterocycles. The maximum Gasteiger partial charge on any atom is 0.305 e. The van der Waals surface area contributed by atoms with Crippen molar-refractivity contribution in [3.05, 3.63) is 71.0 Å². The predicted octanol–water partition coefficient (Wildman–Crippen LogP) is 5.98. The zero-order valence-corrected chi connectivity index (χ0v) is 22.1. The van der Waals surface area contributed by atoms with Crippen molar-refractivity contribution in [2.45, 2.75) is 71.9 Å². The van der Waals surface area contributed by atoms with Crippen LogP contribution in [0.4, 0.5) is 0 Å². The number of carboxylic acid groups (broad SMARTS) is 1. The van der Waals surface area contributed by atoms with Crippen LogP contribution in [0.3, 0.4) is 0 Å². The molecule has 1 aromatic rings. The van der Waals surface area contributed by atoms with Crippen molar-refractivity contribution in [3.63, 3.8) is 0 Å². The van der Waals surface area contributed by atoms with Gasteiger partial charge in [0.15, 0.2) is 0 Å². The lowest BCUT2D eigenvalue weighted by atomic mass is 9.87. The summed E-state index contributed by atoms with van der Waals surface area (Å²) in [5.74, 6) is 0.969. The van der Waals surface area contributed by atoms with Crippen LogP contribution < -0.4 is 5.32 Å². The second-order valence-electron chi connectivity index (χ2n) is 10.6. The number of carbonyl (C=O) groups is 2. The molecule has 0 bridgehead atoms. The van der Waals surface area contributed by atoms with E-state index in [0.717, 1.165) is 12.2 Å². The number of rotatable bonds is 11. The molecule has 4 atom stereocenters. The van der Waals surface area contributed by atoms with Crippen molar-refractivity contribution >= 4 is 18.1 Å². The average Bonchev–Trinajstić information content (AvgIpc) is 2.83. The number of nitrogens with one attached hydrogen (secondary N) is 1. The molecule has 2 N–H and O–H groups in total. The third-order valence-corrected chi connectivity index (χ3v) is 6.72. The topological polar surface area (TPSA) is 88.0 Å². The van der Waals surface area contributed by atoms with Gasteiger partial charge in [-0.15, -0.1) is 0 Å². The van der Waals surface area contributed by atoms with Gasteiger partial charge in [0, 0.05) is 24.0 Å². The molecule has 2 aliphatic rings. The lowest BCUT2D eigenvalue weighted by molar-refractivity contribution is -0.136. The van der Waals surface area contributed by atoms with Crippen LogP contribution in [0.15, 0.2) is 64.9 Å². The monoisotopic (exact) mass is 492 g/mol. The number of allylic oxidation sites excluding steroid dienone is 2. The molecule has 0 fully saturated rings. The van der Waals surface area contributed by atoms with Crippen LogP contribution in [0.5, 0.6) is 0 Å². The molecule has 6 heteroatoms. The summed E-state index contributed by atoms with van der Waals surface area (Å²) in [6.45, 7) is 11.1. The fraction of sp³-hybridized carbons (Fsp3) is 0.500. The van der Waals surface area contributed by atoms with E-state index < -0.39 is 5.97 Å². The van der Waals surface area contributed by atoms with Gasteiger partial charge in [-0.1, -0.05) is 77.1 Å². The van der Waals surface area contributed by atoms with E-state index in [1.807, 2.05) is 24.4 Å². The Balaban J connectivity index is 1.62. The fourth-order valence-electron chi connectivity index (χ4n) is 4.64. The molecule has 36 heavy (non-hydrogen) atoms. The SMILES string of the molecule is CC(C)CC(OC1=CC(C)C(c2ccc(C(C)C)cc2)N=C1)C1C=CC(C(=O)NCCC(=O)O)=CC1. The number of hydrogen-bond donors (Lipinski definition) is 2. The number of aliphatic imine (C=N–C) groups is 1. The summed E-state index contributed by atoms with van der Waals surface area (Å²) in [7, 11) is 0. The summed E-state index contributed by atoms with van der Waals surface area (Å²) in [5, 5.41) is 11.4. The molecule has 6 nitrogen and oxygen atoms in total.